The third-order valence-corrected chi connectivity index (χ3v) is 3.78. The van der Waals surface area contributed by atoms with Gasteiger partial charge in [-0.15, -0.1) is 0 Å². The Bertz CT molecular complexity index is 558. The number of hydrogen-bond acceptors (Lipinski definition) is 4. The summed E-state index contributed by atoms with van der Waals surface area (Å²) in [5, 5.41) is 8.24. The summed E-state index contributed by atoms with van der Waals surface area (Å²) < 4.78 is 7.96. The van der Waals surface area contributed by atoms with Crippen molar-refractivity contribution in [2.45, 2.75) is 12.6 Å². The van der Waals surface area contributed by atoms with Crippen LogP contribution in [-0.2, 0) is 11.3 Å². The van der Waals surface area contributed by atoms with Gasteiger partial charge in [0.15, 0.2) is 0 Å². The zero-order valence-corrected chi connectivity index (χ0v) is 13.6. The number of ether oxygens (including phenoxy) is 1. The quantitative estimate of drug-likeness (QED) is 0.861. The Morgan fingerprint density at radius 1 is 1.45 bits per heavy atom. The molecule has 0 radical (unpaired) electrons. The van der Waals surface area contributed by atoms with Gasteiger partial charge >= 0.3 is 0 Å². The molecule has 2 rings (SSSR count). The molecule has 0 saturated carbocycles. The van der Waals surface area contributed by atoms with Crippen LogP contribution in [0.4, 0.5) is 0 Å². The smallest absolute Gasteiger partial charge is 0.0931 e. The van der Waals surface area contributed by atoms with E-state index in [1.54, 1.807) is 19.5 Å². The average molecular weight is 360 g/mol. The van der Waals surface area contributed by atoms with Gasteiger partial charge in [0, 0.05) is 13.3 Å². The summed E-state index contributed by atoms with van der Waals surface area (Å²) in [5.41, 5.74) is 1.90. The largest absolute Gasteiger partial charge is 0.383 e. The summed E-state index contributed by atoms with van der Waals surface area (Å²) >= 11 is 9.43. The maximum atomic E-state index is 5.89. The second kappa shape index (κ2) is 7.17. The third kappa shape index (κ3) is 3.38. The second-order valence-electron chi connectivity index (χ2n) is 4.22. The summed E-state index contributed by atoms with van der Waals surface area (Å²) in [6.07, 6.45) is 3.43. The van der Waals surface area contributed by atoms with E-state index >= 15 is 0 Å². The molecule has 1 unspecified atom stereocenters. The molecule has 5 nitrogen and oxygen atoms in total. The van der Waals surface area contributed by atoms with Crippen LogP contribution in [-0.4, -0.2) is 35.5 Å². The Morgan fingerprint density at radius 2 is 2.25 bits per heavy atom. The van der Waals surface area contributed by atoms with Crippen molar-refractivity contribution in [3.05, 3.63) is 45.4 Å². The highest BCUT2D eigenvalue weighted by atomic mass is 79.9. The van der Waals surface area contributed by atoms with Gasteiger partial charge in [0.1, 0.15) is 0 Å². The second-order valence-corrected chi connectivity index (χ2v) is 5.51. The molecule has 7 heteroatoms. The van der Waals surface area contributed by atoms with E-state index in [0.717, 1.165) is 15.9 Å². The van der Waals surface area contributed by atoms with Crippen LogP contribution in [0.3, 0.4) is 0 Å². The molecule has 108 valence electrons. The fourth-order valence-electron chi connectivity index (χ4n) is 2.00. The lowest BCUT2D eigenvalue weighted by molar-refractivity contribution is 0.182. The van der Waals surface area contributed by atoms with Gasteiger partial charge in [0.25, 0.3) is 0 Å². The molecule has 0 spiro atoms. The van der Waals surface area contributed by atoms with E-state index in [9.17, 15) is 0 Å². The van der Waals surface area contributed by atoms with Crippen molar-refractivity contribution in [2.24, 2.45) is 0 Å². The minimum absolute atomic E-state index is 0.0685. The van der Waals surface area contributed by atoms with Gasteiger partial charge in [-0.2, -0.15) is 5.10 Å². The Hall–Kier alpha value is -0.950. The lowest BCUT2D eigenvalue weighted by atomic mass is 10.1. The molecule has 2 heterocycles. The van der Waals surface area contributed by atoms with Crippen molar-refractivity contribution in [3.63, 3.8) is 0 Å². The number of halogens is 2. The van der Waals surface area contributed by atoms with Crippen LogP contribution in [0.15, 0.2) is 29.0 Å². The predicted octanol–water partition coefficient (Wildman–Crippen LogP) is 2.65. The molecule has 0 saturated heterocycles. The zero-order chi connectivity index (χ0) is 14.5. The lowest BCUT2D eigenvalue weighted by Crippen LogP contribution is -2.23. The first-order valence-corrected chi connectivity index (χ1v) is 7.33. The first kappa shape index (κ1) is 15.4. The fourth-order valence-corrected chi connectivity index (χ4v) is 2.63. The van der Waals surface area contributed by atoms with E-state index < -0.39 is 0 Å². The van der Waals surface area contributed by atoms with E-state index in [2.05, 4.69) is 31.3 Å². The normalized spacial score (nSPS) is 12.6. The maximum absolute atomic E-state index is 5.89. The van der Waals surface area contributed by atoms with Gasteiger partial charge in [0.2, 0.25) is 0 Å². The van der Waals surface area contributed by atoms with Crippen molar-refractivity contribution >= 4 is 27.5 Å². The molecule has 0 fully saturated rings. The van der Waals surface area contributed by atoms with Crippen molar-refractivity contribution in [1.29, 1.82) is 0 Å². The first-order chi connectivity index (χ1) is 9.67. The number of methoxy groups -OCH3 is 1. The number of rotatable bonds is 6. The Kier molecular flexibility index (Phi) is 5.54. The van der Waals surface area contributed by atoms with Gasteiger partial charge < -0.3 is 10.1 Å². The van der Waals surface area contributed by atoms with Gasteiger partial charge in [0.05, 0.1) is 46.3 Å². The molecule has 0 amide bonds. The minimum atomic E-state index is -0.0685. The lowest BCUT2D eigenvalue weighted by Gasteiger charge is -2.18. The van der Waals surface area contributed by atoms with Crippen LogP contribution in [0.1, 0.15) is 17.4 Å². The SMILES string of the molecule is CNC(c1ccc(Cl)cn1)c1c(Br)cnn1CCOC. The van der Waals surface area contributed by atoms with E-state index in [-0.39, 0.29) is 6.04 Å². The van der Waals surface area contributed by atoms with Gasteiger partial charge in [-0.05, 0) is 35.1 Å². The number of pyridine rings is 1. The molecule has 2 aromatic heterocycles. The van der Waals surface area contributed by atoms with Crippen LogP contribution >= 0.6 is 27.5 Å². The van der Waals surface area contributed by atoms with Crippen LogP contribution in [0.5, 0.6) is 0 Å². The van der Waals surface area contributed by atoms with Crippen LogP contribution < -0.4 is 5.32 Å². The molecule has 0 aliphatic heterocycles. The number of hydrogen-bond donors (Lipinski definition) is 1. The van der Waals surface area contributed by atoms with Crippen LogP contribution in [0.2, 0.25) is 5.02 Å². The number of aromatic nitrogens is 3. The van der Waals surface area contributed by atoms with Crippen LogP contribution in [0, 0.1) is 0 Å². The third-order valence-electron chi connectivity index (χ3n) is 2.95. The van der Waals surface area contributed by atoms with E-state index in [0.29, 0.717) is 18.2 Å². The Labute approximate surface area is 131 Å². The summed E-state index contributed by atoms with van der Waals surface area (Å²) in [7, 11) is 3.57. The van der Waals surface area contributed by atoms with Gasteiger partial charge in [-0.3, -0.25) is 9.67 Å². The molecular weight excluding hydrogens is 344 g/mol. The summed E-state index contributed by atoms with van der Waals surface area (Å²) in [6, 6.07) is 3.67. The molecule has 0 aliphatic rings. The molecule has 1 N–H and O–H groups in total. The summed E-state index contributed by atoms with van der Waals surface area (Å²) in [6.45, 7) is 1.29. The van der Waals surface area contributed by atoms with Gasteiger partial charge in [-0.25, -0.2) is 0 Å². The highest BCUT2D eigenvalue weighted by Crippen LogP contribution is 2.27. The molecule has 0 aromatic carbocycles. The molecule has 0 aliphatic carbocycles. The summed E-state index contributed by atoms with van der Waals surface area (Å²) in [5.74, 6) is 0. The first-order valence-electron chi connectivity index (χ1n) is 6.16. The van der Waals surface area contributed by atoms with E-state index in [1.165, 1.54) is 0 Å². The van der Waals surface area contributed by atoms with Gasteiger partial charge in [-0.1, -0.05) is 11.6 Å². The van der Waals surface area contributed by atoms with E-state index in [4.69, 9.17) is 16.3 Å². The molecule has 0 bridgehead atoms. The molecular formula is C13H16BrClN4O. The Balaban J connectivity index is 2.35. The highest BCUT2D eigenvalue weighted by Gasteiger charge is 2.21. The maximum Gasteiger partial charge on any atom is 0.0931 e. The predicted molar refractivity (Wildman–Crippen MR) is 82.0 cm³/mol. The standard InChI is InChI=1S/C13H16BrClN4O/c1-16-12(11-4-3-9(15)7-17-11)13-10(14)8-18-19(13)5-6-20-2/h3-4,7-8,12,16H,5-6H2,1-2H3. The molecule has 20 heavy (non-hydrogen) atoms. The fraction of sp³-hybridized carbons (Fsp3) is 0.385. The molecule has 1 atom stereocenters. The van der Waals surface area contributed by atoms with Crippen molar-refractivity contribution in [1.82, 2.24) is 20.1 Å². The Morgan fingerprint density at radius 3 is 2.85 bits per heavy atom. The number of nitrogens with zero attached hydrogens (tertiary/aromatic N) is 3. The van der Waals surface area contributed by atoms with Crippen molar-refractivity contribution in [3.8, 4) is 0 Å². The van der Waals surface area contributed by atoms with Crippen LogP contribution in [0.25, 0.3) is 0 Å². The van der Waals surface area contributed by atoms with Crippen molar-refractivity contribution in [2.75, 3.05) is 20.8 Å². The average Bonchev–Trinajstić information content (AvgIpc) is 2.81. The monoisotopic (exact) mass is 358 g/mol. The zero-order valence-electron chi connectivity index (χ0n) is 11.3. The number of nitrogens with one attached hydrogen (secondary N) is 1. The summed E-state index contributed by atoms with van der Waals surface area (Å²) in [4.78, 5) is 4.38. The highest BCUT2D eigenvalue weighted by molar-refractivity contribution is 9.10. The van der Waals surface area contributed by atoms with Crippen molar-refractivity contribution < 1.29 is 4.74 Å². The topological polar surface area (TPSA) is 52.0 Å². The minimum Gasteiger partial charge on any atom is -0.383 e. The van der Waals surface area contributed by atoms with E-state index in [1.807, 2.05) is 23.9 Å². The molecule has 2 aromatic rings.